The summed E-state index contributed by atoms with van der Waals surface area (Å²) < 4.78 is 2.17. The maximum Gasteiger partial charge on any atom is 0.294 e. The molecule has 10 heteroatoms. The van der Waals surface area contributed by atoms with Gasteiger partial charge in [0.15, 0.2) is 0 Å². The van der Waals surface area contributed by atoms with Crippen LogP contribution in [0.1, 0.15) is 28.9 Å². The summed E-state index contributed by atoms with van der Waals surface area (Å²) in [5.41, 5.74) is 2.21. The Morgan fingerprint density at radius 2 is 1.94 bits per heavy atom. The van der Waals surface area contributed by atoms with Crippen LogP contribution >= 0.6 is 15.9 Å². The molecule has 0 saturated carbocycles. The zero-order chi connectivity index (χ0) is 22.3. The average Bonchev–Trinajstić information content (AvgIpc) is 3.23. The quantitative estimate of drug-likeness (QED) is 0.281. The molecule has 0 fully saturated rings. The van der Waals surface area contributed by atoms with E-state index in [0.29, 0.717) is 29.7 Å². The Morgan fingerprint density at radius 3 is 2.75 bits per heavy atom. The topological polar surface area (TPSA) is 106 Å². The number of halogens is 1. The van der Waals surface area contributed by atoms with Crippen molar-refractivity contribution in [2.24, 2.45) is 0 Å². The normalized spacial score (nSPS) is 11.0. The van der Waals surface area contributed by atoms with Crippen molar-refractivity contribution >= 4 is 33.0 Å². The minimum Gasteiger partial charge on any atom is -0.317 e. The SMILES string of the molecule is O=C(c1ccc(Br)c(=O)[nH]1)N(Cc1ccccc1)OCCCCn1nnc2ncccc21. The summed E-state index contributed by atoms with van der Waals surface area (Å²) in [6.45, 7) is 1.26. The fourth-order valence-corrected chi connectivity index (χ4v) is 3.39. The molecule has 4 aromatic rings. The number of carbonyl (C=O) groups is 1. The van der Waals surface area contributed by atoms with Crippen LogP contribution in [-0.2, 0) is 17.9 Å². The Labute approximate surface area is 192 Å². The molecule has 0 unspecified atom stereocenters. The monoisotopic (exact) mass is 496 g/mol. The highest BCUT2D eigenvalue weighted by atomic mass is 79.9. The Hall–Kier alpha value is -3.37. The Kier molecular flexibility index (Phi) is 7.03. The first-order chi connectivity index (χ1) is 15.6. The molecule has 0 aliphatic heterocycles. The number of H-pyrrole nitrogens is 1. The van der Waals surface area contributed by atoms with E-state index in [0.717, 1.165) is 17.5 Å². The van der Waals surface area contributed by atoms with E-state index in [4.69, 9.17) is 4.84 Å². The Morgan fingerprint density at radius 1 is 1.09 bits per heavy atom. The van der Waals surface area contributed by atoms with E-state index >= 15 is 0 Å². The molecule has 3 aromatic heterocycles. The lowest BCUT2D eigenvalue weighted by Gasteiger charge is -2.22. The van der Waals surface area contributed by atoms with Crippen molar-refractivity contribution in [2.45, 2.75) is 25.9 Å². The van der Waals surface area contributed by atoms with Gasteiger partial charge in [-0.1, -0.05) is 35.5 Å². The third-order valence-electron chi connectivity index (χ3n) is 4.79. The van der Waals surface area contributed by atoms with Crippen molar-refractivity contribution in [3.05, 3.63) is 86.9 Å². The number of aromatic amines is 1. The molecule has 0 aliphatic carbocycles. The average molecular weight is 497 g/mol. The number of pyridine rings is 2. The number of benzene rings is 1. The first-order valence-electron chi connectivity index (χ1n) is 10.1. The number of carbonyl (C=O) groups excluding carboxylic acids is 1. The number of nitrogens with zero attached hydrogens (tertiary/aromatic N) is 5. The van der Waals surface area contributed by atoms with Crippen LogP contribution in [0.4, 0.5) is 0 Å². The van der Waals surface area contributed by atoms with Crippen LogP contribution in [0.15, 0.2) is 70.1 Å². The first kappa shape index (κ1) is 21.8. The van der Waals surface area contributed by atoms with Gasteiger partial charge in [0.1, 0.15) is 11.2 Å². The highest BCUT2D eigenvalue weighted by Crippen LogP contribution is 2.12. The molecule has 0 saturated heterocycles. The van der Waals surface area contributed by atoms with Crippen molar-refractivity contribution in [2.75, 3.05) is 6.61 Å². The predicted octanol–water partition coefficient (Wildman–Crippen LogP) is 3.33. The van der Waals surface area contributed by atoms with E-state index in [-0.39, 0.29) is 17.8 Å². The maximum atomic E-state index is 13.0. The van der Waals surface area contributed by atoms with Crippen LogP contribution < -0.4 is 5.56 Å². The molecular formula is C22H21BrN6O3. The lowest BCUT2D eigenvalue weighted by Crippen LogP contribution is -2.33. The molecule has 1 aromatic carbocycles. The van der Waals surface area contributed by atoms with Crippen LogP contribution in [0.3, 0.4) is 0 Å². The number of rotatable bonds is 9. The van der Waals surface area contributed by atoms with Gasteiger partial charge in [-0.15, -0.1) is 5.10 Å². The maximum absolute atomic E-state index is 13.0. The second-order valence-electron chi connectivity index (χ2n) is 7.08. The van der Waals surface area contributed by atoms with E-state index in [1.54, 1.807) is 18.3 Å². The highest BCUT2D eigenvalue weighted by Gasteiger charge is 2.19. The molecule has 0 spiro atoms. The smallest absolute Gasteiger partial charge is 0.294 e. The van der Waals surface area contributed by atoms with Crippen LogP contribution in [0.25, 0.3) is 11.2 Å². The minimum absolute atomic E-state index is 0.163. The summed E-state index contributed by atoms with van der Waals surface area (Å²) in [6.07, 6.45) is 3.18. The molecule has 32 heavy (non-hydrogen) atoms. The highest BCUT2D eigenvalue weighted by molar-refractivity contribution is 9.10. The van der Waals surface area contributed by atoms with E-state index in [2.05, 4.69) is 36.2 Å². The van der Waals surface area contributed by atoms with Gasteiger partial charge >= 0.3 is 0 Å². The largest absolute Gasteiger partial charge is 0.317 e. The van der Waals surface area contributed by atoms with E-state index in [1.165, 1.54) is 5.06 Å². The molecular weight excluding hydrogens is 476 g/mol. The minimum atomic E-state index is -0.410. The third kappa shape index (κ3) is 5.27. The fraction of sp³-hybridized carbons (Fsp3) is 0.227. The number of hydrogen-bond acceptors (Lipinski definition) is 6. The van der Waals surface area contributed by atoms with Gasteiger partial charge in [-0.2, -0.15) is 0 Å². The van der Waals surface area contributed by atoms with Crippen molar-refractivity contribution in [1.29, 1.82) is 0 Å². The summed E-state index contributed by atoms with van der Waals surface area (Å²) in [7, 11) is 0. The molecule has 9 nitrogen and oxygen atoms in total. The molecule has 1 N–H and O–H groups in total. The van der Waals surface area contributed by atoms with Gasteiger partial charge in [0.05, 0.1) is 17.6 Å². The number of unbranched alkanes of at least 4 members (excludes halogenated alkanes) is 1. The van der Waals surface area contributed by atoms with Crippen LogP contribution in [0.2, 0.25) is 0 Å². The van der Waals surface area contributed by atoms with Gasteiger partial charge < -0.3 is 4.98 Å². The zero-order valence-corrected chi connectivity index (χ0v) is 18.7. The number of aromatic nitrogens is 5. The van der Waals surface area contributed by atoms with Crippen LogP contribution in [0, 0.1) is 0 Å². The van der Waals surface area contributed by atoms with Crippen molar-refractivity contribution in [1.82, 2.24) is 30.0 Å². The van der Waals surface area contributed by atoms with Gasteiger partial charge in [-0.05, 0) is 58.6 Å². The van der Waals surface area contributed by atoms with Gasteiger partial charge in [0.25, 0.3) is 11.5 Å². The second-order valence-corrected chi connectivity index (χ2v) is 7.93. The number of hydrogen-bond donors (Lipinski definition) is 1. The number of amides is 1. The summed E-state index contributed by atoms with van der Waals surface area (Å²) in [6, 6.07) is 16.4. The van der Waals surface area contributed by atoms with Crippen molar-refractivity contribution in [3.63, 3.8) is 0 Å². The van der Waals surface area contributed by atoms with Crippen molar-refractivity contribution < 1.29 is 9.63 Å². The Balaban J connectivity index is 1.38. The van der Waals surface area contributed by atoms with E-state index < -0.39 is 5.91 Å². The van der Waals surface area contributed by atoms with E-state index in [9.17, 15) is 9.59 Å². The lowest BCUT2D eigenvalue weighted by molar-refractivity contribution is -0.131. The van der Waals surface area contributed by atoms with Gasteiger partial charge in [-0.25, -0.2) is 14.7 Å². The molecule has 0 bridgehead atoms. The number of aryl methyl sites for hydroxylation is 1. The summed E-state index contributed by atoms with van der Waals surface area (Å²) in [5, 5.41) is 9.46. The van der Waals surface area contributed by atoms with Crippen molar-refractivity contribution in [3.8, 4) is 0 Å². The third-order valence-corrected chi connectivity index (χ3v) is 5.41. The van der Waals surface area contributed by atoms with Crippen LogP contribution in [-0.4, -0.2) is 42.5 Å². The molecule has 1 amide bonds. The second kappa shape index (κ2) is 10.3. The number of hydroxylamine groups is 2. The standard InChI is InChI=1S/C22H21BrN6O3/c23-17-10-11-18(25-21(17)30)22(31)29(15-16-7-2-1-3-8-16)32-14-5-4-13-28-19-9-6-12-24-20(19)26-27-28/h1-3,6-12H,4-5,13-15H2,(H,25,30). The lowest BCUT2D eigenvalue weighted by atomic mass is 10.2. The molecule has 0 radical (unpaired) electrons. The van der Waals surface area contributed by atoms with E-state index in [1.807, 2.05) is 47.1 Å². The molecule has 0 atom stereocenters. The molecule has 164 valence electrons. The number of fused-ring (bicyclic) bond motifs is 1. The Bertz CT molecular complexity index is 1260. The first-order valence-corrected chi connectivity index (χ1v) is 10.9. The summed E-state index contributed by atoms with van der Waals surface area (Å²) >= 11 is 3.14. The van der Waals surface area contributed by atoms with Gasteiger partial charge in [-0.3, -0.25) is 14.4 Å². The summed E-state index contributed by atoms with van der Waals surface area (Å²) in [4.78, 5) is 37.5. The van der Waals surface area contributed by atoms with Gasteiger partial charge in [0, 0.05) is 12.7 Å². The van der Waals surface area contributed by atoms with Crippen LogP contribution in [0.5, 0.6) is 0 Å². The number of nitrogens with one attached hydrogen (secondary N) is 1. The predicted molar refractivity (Wildman–Crippen MR) is 122 cm³/mol. The molecule has 4 rings (SSSR count). The summed E-state index contributed by atoms with van der Waals surface area (Å²) in [5.74, 6) is -0.410. The zero-order valence-electron chi connectivity index (χ0n) is 17.1. The van der Waals surface area contributed by atoms with Gasteiger partial charge in [0.2, 0.25) is 5.65 Å². The molecule has 3 heterocycles. The molecule has 0 aliphatic rings. The fourth-order valence-electron chi connectivity index (χ4n) is 3.16.